The molecule has 1 heterocycles. The van der Waals surface area contributed by atoms with E-state index in [9.17, 15) is 17.6 Å². The second-order valence-corrected chi connectivity index (χ2v) is 7.25. The van der Waals surface area contributed by atoms with Gasteiger partial charge in [-0.3, -0.25) is 9.78 Å². The van der Waals surface area contributed by atoms with Gasteiger partial charge in [0.2, 0.25) is 15.9 Å². The molecule has 8 heteroatoms. The largest absolute Gasteiger partial charge is 0.347 e. The molecule has 134 valence electrons. The molecular formula is C17H20FN3O3S. The van der Waals surface area contributed by atoms with Gasteiger partial charge in [0.1, 0.15) is 5.82 Å². The first-order valence-corrected chi connectivity index (χ1v) is 9.28. The van der Waals surface area contributed by atoms with Gasteiger partial charge in [-0.15, -0.1) is 0 Å². The van der Waals surface area contributed by atoms with Gasteiger partial charge >= 0.3 is 0 Å². The van der Waals surface area contributed by atoms with Crippen LogP contribution in [0.1, 0.15) is 30.6 Å². The van der Waals surface area contributed by atoms with Crippen molar-refractivity contribution in [3.05, 3.63) is 59.7 Å². The van der Waals surface area contributed by atoms with E-state index in [-0.39, 0.29) is 16.5 Å². The smallest absolute Gasteiger partial charge is 0.241 e. The third-order valence-electron chi connectivity index (χ3n) is 3.64. The van der Waals surface area contributed by atoms with Crippen molar-refractivity contribution in [2.75, 3.05) is 6.54 Å². The number of sulfonamides is 1. The maximum atomic E-state index is 13.1. The number of nitrogens with zero attached hydrogens (tertiary/aromatic N) is 1. The molecule has 2 N–H and O–H groups in total. The SMILES string of the molecule is CCC(NC(=O)CNS(=O)(=O)c1ccc(F)cc1C)c1ccccn1. The van der Waals surface area contributed by atoms with Gasteiger partial charge < -0.3 is 5.32 Å². The average molecular weight is 365 g/mol. The lowest BCUT2D eigenvalue weighted by atomic mass is 10.1. The third kappa shape index (κ3) is 5.07. The first-order chi connectivity index (χ1) is 11.8. The van der Waals surface area contributed by atoms with Gasteiger partial charge in [-0.05, 0) is 49.2 Å². The molecule has 0 saturated carbocycles. The van der Waals surface area contributed by atoms with Crippen molar-refractivity contribution in [2.24, 2.45) is 0 Å². The van der Waals surface area contributed by atoms with Crippen molar-refractivity contribution >= 4 is 15.9 Å². The van der Waals surface area contributed by atoms with Crippen molar-refractivity contribution in [2.45, 2.75) is 31.2 Å². The van der Waals surface area contributed by atoms with Crippen LogP contribution in [0.3, 0.4) is 0 Å². The van der Waals surface area contributed by atoms with Gasteiger partial charge in [-0.1, -0.05) is 13.0 Å². The molecule has 25 heavy (non-hydrogen) atoms. The molecule has 1 aromatic carbocycles. The Morgan fingerprint density at radius 3 is 2.64 bits per heavy atom. The molecule has 0 aliphatic heterocycles. The highest BCUT2D eigenvalue weighted by molar-refractivity contribution is 7.89. The van der Waals surface area contributed by atoms with Crippen molar-refractivity contribution in [1.82, 2.24) is 15.0 Å². The Balaban J connectivity index is 2.01. The molecule has 0 aliphatic rings. The zero-order valence-corrected chi connectivity index (χ0v) is 14.8. The normalized spacial score (nSPS) is 12.6. The number of carbonyl (C=O) groups is 1. The van der Waals surface area contributed by atoms with Crippen LogP contribution in [0, 0.1) is 12.7 Å². The Labute approximate surface area is 146 Å². The van der Waals surface area contributed by atoms with Crippen molar-refractivity contribution in [3.8, 4) is 0 Å². The van der Waals surface area contributed by atoms with Crippen LogP contribution in [-0.2, 0) is 14.8 Å². The minimum atomic E-state index is -3.90. The maximum Gasteiger partial charge on any atom is 0.241 e. The molecule has 0 fully saturated rings. The lowest BCUT2D eigenvalue weighted by Crippen LogP contribution is -2.38. The van der Waals surface area contributed by atoms with Crippen LogP contribution >= 0.6 is 0 Å². The number of pyridine rings is 1. The zero-order valence-electron chi connectivity index (χ0n) is 14.0. The summed E-state index contributed by atoms with van der Waals surface area (Å²) in [6.07, 6.45) is 2.25. The number of rotatable bonds is 7. The molecule has 0 radical (unpaired) electrons. The van der Waals surface area contributed by atoms with E-state index in [0.29, 0.717) is 12.1 Å². The van der Waals surface area contributed by atoms with Crippen LogP contribution in [-0.4, -0.2) is 25.9 Å². The number of hydrogen-bond donors (Lipinski definition) is 2. The average Bonchev–Trinajstić information content (AvgIpc) is 2.58. The molecule has 0 spiro atoms. The van der Waals surface area contributed by atoms with E-state index in [2.05, 4.69) is 15.0 Å². The molecule has 6 nitrogen and oxygen atoms in total. The van der Waals surface area contributed by atoms with Crippen LogP contribution in [0.5, 0.6) is 0 Å². The maximum absolute atomic E-state index is 13.1. The summed E-state index contributed by atoms with van der Waals surface area (Å²) in [6, 6.07) is 8.45. The molecule has 1 atom stereocenters. The lowest BCUT2D eigenvalue weighted by Gasteiger charge is -2.17. The Morgan fingerprint density at radius 2 is 2.04 bits per heavy atom. The number of hydrogen-bond acceptors (Lipinski definition) is 4. The van der Waals surface area contributed by atoms with Gasteiger partial charge in [0.25, 0.3) is 0 Å². The second kappa shape index (κ2) is 8.17. The van der Waals surface area contributed by atoms with Crippen molar-refractivity contribution < 1.29 is 17.6 Å². The molecule has 2 rings (SSSR count). The fourth-order valence-electron chi connectivity index (χ4n) is 2.37. The summed E-state index contributed by atoms with van der Waals surface area (Å²) in [5.41, 5.74) is 0.975. The second-order valence-electron chi connectivity index (χ2n) is 5.52. The monoisotopic (exact) mass is 365 g/mol. The molecule has 0 aliphatic carbocycles. The number of aryl methyl sites for hydroxylation is 1. The van der Waals surface area contributed by atoms with Crippen molar-refractivity contribution in [3.63, 3.8) is 0 Å². The standard InChI is InChI=1S/C17H20FN3O3S/c1-3-14(15-6-4-5-9-19-15)21-17(22)11-20-25(23,24)16-8-7-13(18)10-12(16)2/h4-10,14,20H,3,11H2,1-2H3,(H,21,22). The summed E-state index contributed by atoms with van der Waals surface area (Å²) in [5.74, 6) is -0.990. The van der Waals surface area contributed by atoms with Crippen molar-refractivity contribution in [1.29, 1.82) is 0 Å². The van der Waals surface area contributed by atoms with Crippen LogP contribution in [0.4, 0.5) is 4.39 Å². The topological polar surface area (TPSA) is 88.2 Å². The summed E-state index contributed by atoms with van der Waals surface area (Å²) >= 11 is 0. The van der Waals surface area contributed by atoms with Gasteiger partial charge in [0.15, 0.2) is 0 Å². The Kier molecular flexibility index (Phi) is 6.22. The summed E-state index contributed by atoms with van der Waals surface area (Å²) in [6.45, 7) is 2.97. The van der Waals surface area contributed by atoms with Gasteiger partial charge in [0.05, 0.1) is 23.2 Å². The number of carbonyl (C=O) groups excluding carboxylic acids is 1. The summed E-state index contributed by atoms with van der Waals surface area (Å²) < 4.78 is 39.9. The number of halogens is 1. The van der Waals surface area contributed by atoms with E-state index < -0.39 is 28.3 Å². The quantitative estimate of drug-likeness (QED) is 0.786. The van der Waals surface area contributed by atoms with Gasteiger partial charge in [0, 0.05) is 6.20 Å². The summed E-state index contributed by atoms with van der Waals surface area (Å²) in [4.78, 5) is 16.2. The van der Waals surface area contributed by atoms with E-state index in [1.165, 1.54) is 13.0 Å². The first-order valence-electron chi connectivity index (χ1n) is 7.79. The number of amides is 1. The van der Waals surface area contributed by atoms with Crippen LogP contribution in [0.25, 0.3) is 0 Å². The summed E-state index contributed by atoms with van der Waals surface area (Å²) in [7, 11) is -3.90. The molecule has 1 unspecified atom stereocenters. The first kappa shape index (κ1) is 19.0. The zero-order chi connectivity index (χ0) is 18.4. The van der Waals surface area contributed by atoms with E-state index >= 15 is 0 Å². The van der Waals surface area contributed by atoms with E-state index in [0.717, 1.165) is 12.1 Å². The lowest BCUT2D eigenvalue weighted by molar-refractivity contribution is -0.120. The fourth-order valence-corrected chi connectivity index (χ4v) is 3.57. The highest BCUT2D eigenvalue weighted by Crippen LogP contribution is 2.16. The predicted octanol–water partition coefficient (Wildman–Crippen LogP) is 2.07. The Bertz CT molecular complexity index is 841. The van der Waals surface area contributed by atoms with E-state index in [1.54, 1.807) is 18.3 Å². The van der Waals surface area contributed by atoms with Crippen LogP contribution in [0.15, 0.2) is 47.5 Å². The minimum Gasteiger partial charge on any atom is -0.347 e. The molecule has 1 aromatic heterocycles. The Morgan fingerprint density at radius 1 is 1.28 bits per heavy atom. The number of aromatic nitrogens is 1. The summed E-state index contributed by atoms with van der Waals surface area (Å²) in [5, 5.41) is 2.74. The van der Waals surface area contributed by atoms with Crippen LogP contribution in [0.2, 0.25) is 0 Å². The Hall–Kier alpha value is -2.32. The highest BCUT2D eigenvalue weighted by atomic mass is 32.2. The predicted molar refractivity (Wildman–Crippen MR) is 91.7 cm³/mol. The molecule has 0 saturated heterocycles. The minimum absolute atomic E-state index is 0.0570. The molecule has 1 amide bonds. The third-order valence-corrected chi connectivity index (χ3v) is 5.20. The van der Waals surface area contributed by atoms with E-state index in [4.69, 9.17) is 0 Å². The molecule has 0 bridgehead atoms. The number of benzene rings is 1. The fraction of sp³-hybridized carbons (Fsp3) is 0.294. The number of nitrogens with one attached hydrogen (secondary N) is 2. The highest BCUT2D eigenvalue weighted by Gasteiger charge is 2.20. The molecule has 2 aromatic rings. The van der Waals surface area contributed by atoms with E-state index in [1.807, 2.05) is 13.0 Å². The van der Waals surface area contributed by atoms with Crippen LogP contribution < -0.4 is 10.0 Å². The molecular weight excluding hydrogens is 345 g/mol. The van der Waals surface area contributed by atoms with Gasteiger partial charge in [-0.2, -0.15) is 0 Å². The van der Waals surface area contributed by atoms with Gasteiger partial charge in [-0.25, -0.2) is 17.5 Å².